The van der Waals surface area contributed by atoms with Crippen molar-refractivity contribution in [3.63, 3.8) is 0 Å². The average Bonchev–Trinajstić information content (AvgIpc) is 3.69. The van der Waals surface area contributed by atoms with Gasteiger partial charge in [-0.1, -0.05) is 109 Å². The van der Waals surface area contributed by atoms with E-state index in [1.165, 1.54) is 12.1 Å². The second-order valence-corrected chi connectivity index (χ2v) is 12.9. The van der Waals surface area contributed by atoms with Gasteiger partial charge < -0.3 is 9.80 Å². The van der Waals surface area contributed by atoms with Gasteiger partial charge in [0.1, 0.15) is 16.9 Å². The molecule has 0 atom stereocenters. The van der Waals surface area contributed by atoms with Crippen molar-refractivity contribution in [3.8, 4) is 27.9 Å². The number of hydrogen-bond donors (Lipinski definition) is 0. The summed E-state index contributed by atoms with van der Waals surface area (Å²) in [6.45, 7) is 0. The number of fused-ring (bicyclic) bond motifs is 1. The number of anilines is 6. The summed E-state index contributed by atoms with van der Waals surface area (Å²) in [6, 6.07) is 69.1. The van der Waals surface area contributed by atoms with Crippen LogP contribution >= 0.6 is 0 Å². The first-order valence-corrected chi connectivity index (χ1v) is 17.9. The molecule has 0 spiro atoms. The number of aromatic nitrogens is 3. The summed E-state index contributed by atoms with van der Waals surface area (Å²) in [4.78, 5) is 6.08. The molecule has 54 heavy (non-hydrogen) atoms. The van der Waals surface area contributed by atoms with Gasteiger partial charge in [-0.05, 0) is 108 Å². The molecule has 5 nitrogen and oxygen atoms in total. The van der Waals surface area contributed by atoms with Crippen LogP contribution in [0.5, 0.6) is 0 Å². The molecule has 0 aliphatic rings. The Morgan fingerprint density at radius 2 is 0.648 bits per heavy atom. The topological polar surface area (TPSA) is 37.2 Å². The van der Waals surface area contributed by atoms with Gasteiger partial charge in [0.15, 0.2) is 0 Å². The van der Waals surface area contributed by atoms with Crippen LogP contribution in [0.25, 0.3) is 39.0 Å². The highest BCUT2D eigenvalue weighted by Crippen LogP contribution is 2.40. The lowest BCUT2D eigenvalue weighted by Gasteiger charge is -2.25. The third kappa shape index (κ3) is 6.37. The molecule has 8 aromatic carbocycles. The molecule has 9 aromatic rings. The molecule has 1 heterocycles. The summed E-state index contributed by atoms with van der Waals surface area (Å²) < 4.78 is 13.9. The van der Waals surface area contributed by atoms with Crippen LogP contribution in [0.1, 0.15) is 0 Å². The predicted molar refractivity (Wildman–Crippen MR) is 219 cm³/mol. The molecule has 0 saturated carbocycles. The van der Waals surface area contributed by atoms with Crippen LogP contribution in [0.2, 0.25) is 0 Å². The molecule has 0 aliphatic heterocycles. The summed E-state index contributed by atoms with van der Waals surface area (Å²) in [5.41, 5.74) is 12.5. The van der Waals surface area contributed by atoms with Gasteiger partial charge in [-0.2, -0.15) is 4.80 Å². The third-order valence-electron chi connectivity index (χ3n) is 9.53. The molecule has 9 rings (SSSR count). The lowest BCUT2D eigenvalue weighted by atomic mass is 9.97. The smallest absolute Gasteiger partial charge is 0.123 e. The zero-order valence-electron chi connectivity index (χ0n) is 29.2. The van der Waals surface area contributed by atoms with E-state index in [4.69, 9.17) is 10.2 Å². The highest BCUT2D eigenvalue weighted by molar-refractivity contribution is 6.01. The van der Waals surface area contributed by atoms with E-state index in [1.54, 1.807) is 16.9 Å². The van der Waals surface area contributed by atoms with Gasteiger partial charge in [0.25, 0.3) is 0 Å². The summed E-state index contributed by atoms with van der Waals surface area (Å²) in [5.74, 6) is -0.308. The zero-order valence-corrected chi connectivity index (χ0v) is 29.2. The highest BCUT2D eigenvalue weighted by Gasteiger charge is 2.19. The second-order valence-electron chi connectivity index (χ2n) is 12.9. The maximum absolute atomic E-state index is 13.9. The fourth-order valence-electron chi connectivity index (χ4n) is 6.93. The number of benzene rings is 8. The summed E-state index contributed by atoms with van der Waals surface area (Å²) >= 11 is 0. The van der Waals surface area contributed by atoms with Crippen LogP contribution in [0.3, 0.4) is 0 Å². The highest BCUT2D eigenvalue weighted by atomic mass is 19.1. The Kier molecular flexibility index (Phi) is 8.67. The molecular weight excluding hydrogens is 666 g/mol. The van der Waals surface area contributed by atoms with E-state index in [9.17, 15) is 4.39 Å². The first-order valence-electron chi connectivity index (χ1n) is 17.9. The normalized spacial score (nSPS) is 11.1. The monoisotopic (exact) mass is 699 g/mol. The average molecular weight is 700 g/mol. The second kappa shape index (κ2) is 14.4. The number of nitrogens with zero attached hydrogens (tertiary/aromatic N) is 5. The van der Waals surface area contributed by atoms with Crippen molar-refractivity contribution >= 4 is 45.2 Å². The van der Waals surface area contributed by atoms with Crippen LogP contribution in [-0.4, -0.2) is 15.0 Å². The summed E-state index contributed by atoms with van der Waals surface area (Å²) in [5, 5.41) is 10.0. The molecular formula is C48H34FN5. The maximum Gasteiger partial charge on any atom is 0.123 e. The Morgan fingerprint density at radius 3 is 0.981 bits per heavy atom. The van der Waals surface area contributed by atoms with Gasteiger partial charge in [0.2, 0.25) is 0 Å². The molecule has 258 valence electrons. The van der Waals surface area contributed by atoms with Gasteiger partial charge in [0, 0.05) is 45.3 Å². The zero-order chi connectivity index (χ0) is 36.3. The quantitative estimate of drug-likeness (QED) is 0.150. The Bertz CT molecular complexity index is 2380. The van der Waals surface area contributed by atoms with Crippen LogP contribution in [0.15, 0.2) is 206 Å². The summed E-state index contributed by atoms with van der Waals surface area (Å²) in [6.07, 6.45) is 0. The fraction of sp³-hybridized carbons (Fsp3) is 0. The molecule has 0 bridgehead atoms. The number of hydrogen-bond acceptors (Lipinski definition) is 4. The SMILES string of the molecule is Fc1ccc(-n2nc3c(-c4ccc(N(c5ccccc5)c5ccccc5)cc4)ccc(-c4ccc(N(c5ccccc5)c5ccccc5)cc4)c3n2)cc1. The van der Waals surface area contributed by atoms with Crippen LogP contribution in [0.4, 0.5) is 38.5 Å². The van der Waals surface area contributed by atoms with Gasteiger partial charge >= 0.3 is 0 Å². The maximum atomic E-state index is 13.9. The molecule has 0 N–H and O–H groups in total. The van der Waals surface area contributed by atoms with Crippen LogP contribution in [0, 0.1) is 5.82 Å². The van der Waals surface area contributed by atoms with Crippen molar-refractivity contribution in [2.24, 2.45) is 0 Å². The van der Waals surface area contributed by atoms with E-state index >= 15 is 0 Å². The van der Waals surface area contributed by atoms with E-state index < -0.39 is 0 Å². The minimum Gasteiger partial charge on any atom is -0.311 e. The first-order chi connectivity index (χ1) is 26.7. The van der Waals surface area contributed by atoms with Crippen molar-refractivity contribution in [1.29, 1.82) is 0 Å². The van der Waals surface area contributed by atoms with Gasteiger partial charge in [-0.3, -0.25) is 0 Å². The molecule has 6 heteroatoms. The van der Waals surface area contributed by atoms with Crippen molar-refractivity contribution in [2.45, 2.75) is 0 Å². The molecule has 0 fully saturated rings. The first kappa shape index (κ1) is 32.6. The van der Waals surface area contributed by atoms with Crippen molar-refractivity contribution < 1.29 is 4.39 Å². The minimum atomic E-state index is -0.308. The van der Waals surface area contributed by atoms with Crippen LogP contribution < -0.4 is 9.80 Å². The Hall–Kier alpha value is -7.31. The molecule has 0 unspecified atom stereocenters. The Labute approximate surface area is 313 Å². The third-order valence-corrected chi connectivity index (χ3v) is 9.53. The molecule has 0 amide bonds. The van der Waals surface area contributed by atoms with Crippen LogP contribution in [-0.2, 0) is 0 Å². The van der Waals surface area contributed by atoms with Crippen molar-refractivity contribution in [1.82, 2.24) is 15.0 Å². The lowest BCUT2D eigenvalue weighted by Crippen LogP contribution is -2.09. The number of para-hydroxylation sites is 4. The number of rotatable bonds is 9. The van der Waals surface area contributed by atoms with E-state index in [1.807, 2.05) is 24.3 Å². The number of halogens is 1. The molecule has 0 radical (unpaired) electrons. The van der Waals surface area contributed by atoms with Gasteiger partial charge in [0.05, 0.1) is 5.69 Å². The Morgan fingerprint density at radius 1 is 0.333 bits per heavy atom. The Balaban J connectivity index is 1.13. The van der Waals surface area contributed by atoms with E-state index in [0.29, 0.717) is 5.69 Å². The van der Waals surface area contributed by atoms with E-state index in [-0.39, 0.29) is 5.82 Å². The molecule has 0 saturated heterocycles. The van der Waals surface area contributed by atoms with E-state index in [2.05, 4.69) is 168 Å². The van der Waals surface area contributed by atoms with Crippen molar-refractivity contribution in [3.05, 3.63) is 212 Å². The van der Waals surface area contributed by atoms with Gasteiger partial charge in [-0.15, -0.1) is 10.2 Å². The minimum absolute atomic E-state index is 0.308. The van der Waals surface area contributed by atoms with Crippen molar-refractivity contribution in [2.75, 3.05) is 9.80 Å². The molecule has 0 aliphatic carbocycles. The van der Waals surface area contributed by atoms with Gasteiger partial charge in [-0.25, -0.2) is 4.39 Å². The fourth-order valence-corrected chi connectivity index (χ4v) is 6.93. The van der Waals surface area contributed by atoms with E-state index in [0.717, 1.165) is 67.4 Å². The lowest BCUT2D eigenvalue weighted by molar-refractivity contribution is 0.626. The standard InChI is InChI=1S/C48H34FN5/c49-37-25-31-44(32-26-37)54-50-47-45(35-21-27-42(28-22-35)52(38-13-5-1-6-14-38)39-15-7-2-8-16-39)33-34-46(48(47)51-54)36-23-29-43(30-24-36)53(40-17-9-3-10-18-40)41-19-11-4-12-20-41/h1-34H. The predicted octanol–water partition coefficient (Wildman–Crippen LogP) is 12.8. The molecule has 1 aromatic heterocycles. The largest absolute Gasteiger partial charge is 0.311 e. The summed E-state index contributed by atoms with van der Waals surface area (Å²) in [7, 11) is 0.